The van der Waals surface area contributed by atoms with Gasteiger partial charge in [0.2, 0.25) is 10.0 Å². The van der Waals surface area contributed by atoms with Crippen LogP contribution in [0.1, 0.15) is 25.3 Å². The smallest absolute Gasteiger partial charge is 0.240 e. The van der Waals surface area contributed by atoms with E-state index in [2.05, 4.69) is 4.72 Å². The molecule has 0 bridgehead atoms. The monoisotopic (exact) mass is 313 g/mol. The first-order valence-corrected chi connectivity index (χ1v) is 8.81. The lowest BCUT2D eigenvalue weighted by molar-refractivity contribution is 0.180. The first kappa shape index (κ1) is 16.4. The summed E-state index contributed by atoms with van der Waals surface area (Å²) in [5.41, 5.74) is 1.03. The highest BCUT2D eigenvalue weighted by Crippen LogP contribution is 2.19. The Labute approximate surface area is 126 Å². The Bertz CT molecular complexity index is 535. The fourth-order valence-electron chi connectivity index (χ4n) is 2.47. The second kappa shape index (κ2) is 7.35. The molecule has 1 heterocycles. The summed E-state index contributed by atoms with van der Waals surface area (Å²) >= 11 is 0. The van der Waals surface area contributed by atoms with Gasteiger partial charge in [-0.05, 0) is 43.9 Å². The van der Waals surface area contributed by atoms with Crippen LogP contribution in [0.25, 0.3) is 0 Å². The average Bonchev–Trinajstić information content (AvgIpc) is 2.99. The zero-order valence-corrected chi connectivity index (χ0v) is 13.1. The molecule has 0 aliphatic carbocycles. The van der Waals surface area contributed by atoms with Crippen LogP contribution in [0, 0.1) is 5.92 Å². The number of nitrogens with one attached hydrogen (secondary N) is 1. The fourth-order valence-corrected chi connectivity index (χ4v) is 3.79. The third-order valence-corrected chi connectivity index (χ3v) is 5.45. The van der Waals surface area contributed by atoms with E-state index in [1.165, 1.54) is 0 Å². The van der Waals surface area contributed by atoms with Crippen LogP contribution < -0.4 is 4.72 Å². The van der Waals surface area contributed by atoms with Crippen LogP contribution in [-0.4, -0.2) is 39.4 Å². The maximum atomic E-state index is 12.3. The maximum Gasteiger partial charge on any atom is 0.240 e. The summed E-state index contributed by atoms with van der Waals surface area (Å²) in [4.78, 5) is 0.279. The van der Waals surface area contributed by atoms with Crippen molar-refractivity contribution in [2.45, 2.75) is 37.1 Å². The molecule has 1 aliphatic heterocycles. The molecule has 0 saturated carbocycles. The molecule has 1 aliphatic rings. The van der Waals surface area contributed by atoms with E-state index in [9.17, 15) is 8.42 Å². The second-order valence-electron chi connectivity index (χ2n) is 5.50. The van der Waals surface area contributed by atoms with E-state index in [4.69, 9.17) is 9.84 Å². The van der Waals surface area contributed by atoms with Crippen LogP contribution in [0.3, 0.4) is 0 Å². The molecule has 1 aromatic rings. The van der Waals surface area contributed by atoms with Gasteiger partial charge < -0.3 is 9.84 Å². The van der Waals surface area contributed by atoms with Crippen LogP contribution in [0.2, 0.25) is 0 Å². The van der Waals surface area contributed by atoms with E-state index in [1.807, 2.05) is 6.92 Å². The van der Waals surface area contributed by atoms with Gasteiger partial charge >= 0.3 is 0 Å². The van der Waals surface area contributed by atoms with Gasteiger partial charge in [-0.3, -0.25) is 0 Å². The normalized spacial score (nSPS) is 20.6. The van der Waals surface area contributed by atoms with E-state index in [0.29, 0.717) is 19.6 Å². The number of ether oxygens (including phenoxy) is 1. The molecule has 2 N–H and O–H groups in total. The molecule has 2 rings (SSSR count). The number of hydrogen-bond acceptors (Lipinski definition) is 4. The quantitative estimate of drug-likeness (QED) is 0.796. The SMILES string of the molecule is CC(NS(=O)(=O)c1ccc(CCCO)cc1)C1CCOC1. The van der Waals surface area contributed by atoms with Gasteiger partial charge in [-0.25, -0.2) is 13.1 Å². The Morgan fingerprint density at radius 2 is 2.10 bits per heavy atom. The molecule has 0 spiro atoms. The minimum Gasteiger partial charge on any atom is -0.396 e. The topological polar surface area (TPSA) is 75.6 Å². The van der Waals surface area contributed by atoms with Crippen molar-refractivity contribution in [3.05, 3.63) is 29.8 Å². The summed E-state index contributed by atoms with van der Waals surface area (Å²) in [5, 5.41) is 8.80. The number of benzene rings is 1. The highest BCUT2D eigenvalue weighted by molar-refractivity contribution is 7.89. The van der Waals surface area contributed by atoms with E-state index in [-0.39, 0.29) is 23.5 Å². The number of rotatable bonds is 7. The maximum absolute atomic E-state index is 12.3. The first-order valence-electron chi connectivity index (χ1n) is 7.33. The van der Waals surface area contributed by atoms with Crippen LogP contribution in [0.4, 0.5) is 0 Å². The lowest BCUT2D eigenvalue weighted by atomic mass is 10.0. The molecule has 0 aromatic heterocycles. The van der Waals surface area contributed by atoms with Crippen molar-refractivity contribution in [3.63, 3.8) is 0 Å². The van der Waals surface area contributed by atoms with Crippen LogP contribution in [-0.2, 0) is 21.2 Å². The van der Waals surface area contributed by atoms with Gasteiger partial charge in [0.05, 0.1) is 11.5 Å². The van der Waals surface area contributed by atoms with Crippen molar-refractivity contribution < 1.29 is 18.3 Å². The summed E-state index contributed by atoms with van der Waals surface area (Å²) < 4.78 is 32.7. The van der Waals surface area contributed by atoms with Gasteiger partial charge in [0.1, 0.15) is 0 Å². The van der Waals surface area contributed by atoms with Gasteiger partial charge in [-0.2, -0.15) is 0 Å². The molecular weight excluding hydrogens is 290 g/mol. The molecule has 6 heteroatoms. The van der Waals surface area contributed by atoms with Crippen molar-refractivity contribution in [2.24, 2.45) is 5.92 Å². The lowest BCUT2D eigenvalue weighted by Crippen LogP contribution is -2.38. The average molecular weight is 313 g/mol. The fraction of sp³-hybridized carbons (Fsp3) is 0.600. The van der Waals surface area contributed by atoms with Crippen molar-refractivity contribution in [3.8, 4) is 0 Å². The van der Waals surface area contributed by atoms with Gasteiger partial charge in [0.25, 0.3) is 0 Å². The standard InChI is InChI=1S/C15H23NO4S/c1-12(14-8-10-20-11-14)16-21(18,19)15-6-4-13(5-7-15)3-2-9-17/h4-7,12,14,16-17H,2-3,8-11H2,1H3. The number of hydrogen-bond donors (Lipinski definition) is 2. The molecule has 2 atom stereocenters. The molecule has 5 nitrogen and oxygen atoms in total. The molecule has 0 radical (unpaired) electrons. The third kappa shape index (κ3) is 4.51. The molecule has 0 amide bonds. The van der Waals surface area contributed by atoms with Crippen molar-refractivity contribution >= 4 is 10.0 Å². The zero-order chi connectivity index (χ0) is 15.3. The van der Waals surface area contributed by atoms with Gasteiger partial charge in [0, 0.05) is 25.2 Å². The summed E-state index contributed by atoms with van der Waals surface area (Å²) in [7, 11) is -3.49. The summed E-state index contributed by atoms with van der Waals surface area (Å²) in [6.07, 6.45) is 2.33. The first-order chi connectivity index (χ1) is 10.0. The molecule has 1 saturated heterocycles. The summed E-state index contributed by atoms with van der Waals surface area (Å²) in [6, 6.07) is 6.70. The Morgan fingerprint density at radius 1 is 1.38 bits per heavy atom. The zero-order valence-electron chi connectivity index (χ0n) is 12.3. The Kier molecular flexibility index (Phi) is 5.75. The number of aliphatic hydroxyl groups excluding tert-OH is 1. The largest absolute Gasteiger partial charge is 0.396 e. The van der Waals surface area contributed by atoms with Crippen LogP contribution >= 0.6 is 0 Å². The van der Waals surface area contributed by atoms with Crippen molar-refractivity contribution in [1.29, 1.82) is 0 Å². The molecule has 1 aromatic carbocycles. The number of aliphatic hydroxyl groups is 1. The van der Waals surface area contributed by atoms with Crippen LogP contribution in [0.5, 0.6) is 0 Å². The van der Waals surface area contributed by atoms with Gasteiger partial charge in [-0.1, -0.05) is 12.1 Å². The predicted molar refractivity (Wildman–Crippen MR) is 80.6 cm³/mol. The predicted octanol–water partition coefficient (Wildman–Crippen LogP) is 1.31. The van der Waals surface area contributed by atoms with E-state index in [0.717, 1.165) is 18.4 Å². The van der Waals surface area contributed by atoms with E-state index >= 15 is 0 Å². The highest BCUT2D eigenvalue weighted by atomic mass is 32.2. The number of aryl methyl sites for hydroxylation is 1. The molecule has 1 fully saturated rings. The van der Waals surface area contributed by atoms with Crippen molar-refractivity contribution in [1.82, 2.24) is 4.72 Å². The lowest BCUT2D eigenvalue weighted by Gasteiger charge is -2.19. The van der Waals surface area contributed by atoms with E-state index < -0.39 is 10.0 Å². The Morgan fingerprint density at radius 3 is 2.67 bits per heavy atom. The second-order valence-corrected chi connectivity index (χ2v) is 7.22. The summed E-state index contributed by atoms with van der Waals surface area (Å²) in [5.74, 6) is 0.239. The number of sulfonamides is 1. The van der Waals surface area contributed by atoms with E-state index in [1.54, 1.807) is 24.3 Å². The molecule has 118 valence electrons. The Balaban J connectivity index is 2.01. The van der Waals surface area contributed by atoms with Crippen molar-refractivity contribution in [2.75, 3.05) is 19.8 Å². The minimum atomic E-state index is -3.49. The molecular formula is C15H23NO4S. The molecule has 2 unspecified atom stereocenters. The minimum absolute atomic E-state index is 0.133. The highest BCUT2D eigenvalue weighted by Gasteiger charge is 2.26. The third-order valence-electron chi connectivity index (χ3n) is 3.87. The Hall–Kier alpha value is -0.950. The summed E-state index contributed by atoms with van der Waals surface area (Å²) in [6.45, 7) is 3.34. The van der Waals surface area contributed by atoms with Crippen LogP contribution in [0.15, 0.2) is 29.2 Å². The molecule has 21 heavy (non-hydrogen) atoms. The van der Waals surface area contributed by atoms with Gasteiger partial charge in [-0.15, -0.1) is 0 Å². The van der Waals surface area contributed by atoms with Gasteiger partial charge in [0.15, 0.2) is 0 Å².